The summed E-state index contributed by atoms with van der Waals surface area (Å²) < 4.78 is 7.02. The first kappa shape index (κ1) is 23.7. The van der Waals surface area contributed by atoms with Gasteiger partial charge in [-0.1, -0.05) is 41.9 Å². The van der Waals surface area contributed by atoms with Gasteiger partial charge in [-0.25, -0.2) is 4.68 Å². The smallest absolute Gasteiger partial charge is 0.274 e. The van der Waals surface area contributed by atoms with Crippen LogP contribution >= 0.6 is 11.6 Å². The number of methoxy groups -OCH3 is 1. The number of hydrogen-bond donors (Lipinski definition) is 1. The van der Waals surface area contributed by atoms with Crippen molar-refractivity contribution in [3.63, 3.8) is 0 Å². The fourth-order valence-electron chi connectivity index (χ4n) is 4.42. The molecule has 2 unspecified atom stereocenters. The van der Waals surface area contributed by atoms with Crippen LogP contribution in [-0.2, 0) is 11.2 Å². The monoisotopic (exact) mass is 461 g/mol. The lowest BCUT2D eigenvalue weighted by Gasteiger charge is -2.19. The first-order valence-corrected chi connectivity index (χ1v) is 11.1. The summed E-state index contributed by atoms with van der Waals surface area (Å²) in [6, 6.07) is 15.8. The number of benzene rings is 2. The molecule has 7 heteroatoms. The first-order valence-electron chi connectivity index (χ1n) is 10.7. The van der Waals surface area contributed by atoms with Crippen LogP contribution in [0, 0.1) is 0 Å². The van der Waals surface area contributed by atoms with Crippen molar-refractivity contribution in [3.05, 3.63) is 75.2 Å². The van der Waals surface area contributed by atoms with Crippen LogP contribution in [0.15, 0.2) is 53.3 Å². The predicted octanol–water partition coefficient (Wildman–Crippen LogP) is -0.0990. The standard InChI is InChI=1S/C24H28ClN3O2.ClH/c1-30-16-15-27-13-4-5-20(12-14-27)28-24(29)22-7-3-2-6-21(22)23(26-28)17-18-8-10-19(25)11-9-18;/h2-3,6-11,20H,4-5,12-17H2,1H3;1H. The second kappa shape index (κ2) is 11.1. The number of hydrogen-bond acceptors (Lipinski definition) is 3. The van der Waals surface area contributed by atoms with Gasteiger partial charge in [0, 0.05) is 30.4 Å². The number of rotatable bonds is 6. The molecule has 31 heavy (non-hydrogen) atoms. The van der Waals surface area contributed by atoms with Gasteiger partial charge in [0.25, 0.3) is 5.56 Å². The predicted molar refractivity (Wildman–Crippen MR) is 121 cm³/mol. The number of halogens is 2. The zero-order chi connectivity index (χ0) is 20.9. The number of likely N-dealkylation sites (tertiary alicyclic amines) is 1. The van der Waals surface area contributed by atoms with E-state index in [2.05, 4.69) is 0 Å². The normalized spacial score (nSPS) is 19.0. The minimum atomic E-state index is 0. The molecule has 0 radical (unpaired) electrons. The summed E-state index contributed by atoms with van der Waals surface area (Å²) >= 11 is 6.05. The molecule has 2 aromatic carbocycles. The first-order chi connectivity index (χ1) is 14.7. The minimum absolute atomic E-state index is 0. The Balaban J connectivity index is 0.00000272. The van der Waals surface area contributed by atoms with Crippen molar-refractivity contribution >= 4 is 22.4 Å². The maximum atomic E-state index is 13.3. The van der Waals surface area contributed by atoms with Gasteiger partial charge >= 0.3 is 0 Å². The number of ether oxygens (including phenoxy) is 1. The van der Waals surface area contributed by atoms with E-state index in [0.29, 0.717) is 6.42 Å². The molecule has 0 spiro atoms. The molecule has 1 aliphatic rings. The molecule has 1 aromatic heterocycles. The largest absolute Gasteiger partial charge is 1.00 e. The Labute approximate surface area is 194 Å². The molecule has 0 bridgehead atoms. The van der Waals surface area contributed by atoms with Crippen LogP contribution in [0.25, 0.3) is 10.8 Å². The van der Waals surface area contributed by atoms with Crippen molar-refractivity contribution in [2.75, 3.05) is 33.4 Å². The molecule has 0 amide bonds. The highest BCUT2D eigenvalue weighted by atomic mass is 35.5. The summed E-state index contributed by atoms with van der Waals surface area (Å²) in [6.07, 6.45) is 3.72. The van der Waals surface area contributed by atoms with Gasteiger partial charge in [0.05, 0.1) is 36.8 Å². The van der Waals surface area contributed by atoms with Crippen LogP contribution < -0.4 is 22.9 Å². The van der Waals surface area contributed by atoms with Gasteiger partial charge in [-0.15, -0.1) is 0 Å². The molecular weight excluding hydrogens is 433 g/mol. The second-order valence-electron chi connectivity index (χ2n) is 8.12. The van der Waals surface area contributed by atoms with Gasteiger partial charge in [-0.2, -0.15) is 5.10 Å². The molecule has 0 saturated carbocycles. The summed E-state index contributed by atoms with van der Waals surface area (Å²) in [6.45, 7) is 3.96. The molecular formula is C24H29Cl2N3O2. The lowest BCUT2D eigenvalue weighted by atomic mass is 10.0. The van der Waals surface area contributed by atoms with Gasteiger partial charge in [0.1, 0.15) is 6.54 Å². The minimum Gasteiger partial charge on any atom is -1.00 e. The third kappa shape index (κ3) is 5.66. The number of nitrogens with zero attached hydrogens (tertiary/aromatic N) is 2. The summed E-state index contributed by atoms with van der Waals surface area (Å²) in [5.41, 5.74) is 2.11. The van der Waals surface area contributed by atoms with E-state index in [1.807, 2.05) is 48.5 Å². The third-order valence-corrected chi connectivity index (χ3v) is 6.35. The molecule has 5 nitrogen and oxygen atoms in total. The van der Waals surface area contributed by atoms with Crippen LogP contribution in [0.3, 0.4) is 0 Å². The van der Waals surface area contributed by atoms with Crippen molar-refractivity contribution in [2.45, 2.75) is 31.7 Å². The zero-order valence-corrected chi connectivity index (χ0v) is 19.3. The average molecular weight is 462 g/mol. The maximum Gasteiger partial charge on any atom is 0.274 e. The topological polar surface area (TPSA) is 48.6 Å². The fourth-order valence-corrected chi connectivity index (χ4v) is 4.54. The Morgan fingerprint density at radius 1 is 1.10 bits per heavy atom. The van der Waals surface area contributed by atoms with Crippen molar-refractivity contribution in [1.82, 2.24) is 9.78 Å². The van der Waals surface area contributed by atoms with Crippen LogP contribution in [-0.4, -0.2) is 43.1 Å². The van der Waals surface area contributed by atoms with Crippen molar-refractivity contribution in [3.8, 4) is 0 Å². The lowest BCUT2D eigenvalue weighted by Crippen LogP contribution is -3.12. The zero-order valence-electron chi connectivity index (χ0n) is 17.8. The Bertz CT molecular complexity index is 1050. The molecule has 166 valence electrons. The third-order valence-electron chi connectivity index (χ3n) is 6.09. The lowest BCUT2D eigenvalue weighted by molar-refractivity contribution is -0.899. The Kier molecular flexibility index (Phi) is 8.50. The molecule has 1 saturated heterocycles. The molecule has 1 N–H and O–H groups in total. The summed E-state index contributed by atoms with van der Waals surface area (Å²) in [5.74, 6) is 0. The van der Waals surface area contributed by atoms with E-state index in [0.717, 1.165) is 72.6 Å². The number of aromatic nitrogens is 2. The van der Waals surface area contributed by atoms with Crippen LogP contribution in [0.5, 0.6) is 0 Å². The summed E-state index contributed by atoms with van der Waals surface area (Å²) in [4.78, 5) is 14.8. The SMILES string of the molecule is COCC[NH+]1CCCC(n2nc(Cc3ccc(Cl)cc3)c3ccccc3c2=O)CC1.[Cl-]. The van der Waals surface area contributed by atoms with E-state index in [-0.39, 0.29) is 24.0 Å². The van der Waals surface area contributed by atoms with Crippen molar-refractivity contribution in [2.24, 2.45) is 0 Å². The summed E-state index contributed by atoms with van der Waals surface area (Å²) in [7, 11) is 1.75. The van der Waals surface area contributed by atoms with Gasteiger partial charge in [-0.05, 0) is 36.6 Å². The highest BCUT2D eigenvalue weighted by Crippen LogP contribution is 2.22. The fraction of sp³-hybridized carbons (Fsp3) is 0.417. The number of quaternary nitrogens is 1. The molecule has 3 aromatic rings. The molecule has 1 aliphatic heterocycles. The summed E-state index contributed by atoms with van der Waals surface area (Å²) in [5, 5.41) is 7.32. The molecule has 2 atom stereocenters. The average Bonchev–Trinajstić information content (AvgIpc) is 3.01. The second-order valence-corrected chi connectivity index (χ2v) is 8.56. The molecule has 0 aliphatic carbocycles. The highest BCUT2D eigenvalue weighted by Gasteiger charge is 2.23. The molecule has 4 rings (SSSR count). The van der Waals surface area contributed by atoms with Crippen molar-refractivity contribution < 1.29 is 22.0 Å². The molecule has 2 heterocycles. The quantitative estimate of drug-likeness (QED) is 0.557. The van der Waals surface area contributed by atoms with E-state index in [4.69, 9.17) is 21.4 Å². The number of nitrogens with one attached hydrogen (secondary N) is 1. The van der Waals surface area contributed by atoms with Crippen LogP contribution in [0.4, 0.5) is 0 Å². The van der Waals surface area contributed by atoms with Crippen LogP contribution in [0.1, 0.15) is 36.6 Å². The van der Waals surface area contributed by atoms with E-state index in [1.165, 1.54) is 0 Å². The van der Waals surface area contributed by atoms with Crippen molar-refractivity contribution in [1.29, 1.82) is 0 Å². The van der Waals surface area contributed by atoms with E-state index in [1.54, 1.807) is 16.7 Å². The highest BCUT2D eigenvalue weighted by molar-refractivity contribution is 6.30. The van der Waals surface area contributed by atoms with Gasteiger partial charge in [0.15, 0.2) is 0 Å². The van der Waals surface area contributed by atoms with E-state index >= 15 is 0 Å². The van der Waals surface area contributed by atoms with Gasteiger partial charge in [0.2, 0.25) is 0 Å². The van der Waals surface area contributed by atoms with Crippen LogP contribution in [0.2, 0.25) is 5.02 Å². The Morgan fingerprint density at radius 2 is 1.84 bits per heavy atom. The maximum absolute atomic E-state index is 13.3. The molecule has 1 fully saturated rings. The Morgan fingerprint density at radius 3 is 2.58 bits per heavy atom. The van der Waals surface area contributed by atoms with E-state index < -0.39 is 0 Å². The van der Waals surface area contributed by atoms with Gasteiger partial charge < -0.3 is 22.0 Å². The van der Waals surface area contributed by atoms with Gasteiger partial charge in [-0.3, -0.25) is 4.79 Å². The van der Waals surface area contributed by atoms with E-state index in [9.17, 15) is 4.79 Å². The Hall–Kier alpha value is -1.92. The number of fused-ring (bicyclic) bond motifs is 1.